The molecule has 0 aliphatic heterocycles. The Kier molecular flexibility index (Phi) is 5.84. The lowest BCUT2D eigenvalue weighted by molar-refractivity contribution is -0.118. The van der Waals surface area contributed by atoms with E-state index < -0.39 is 0 Å². The molecule has 0 bridgehead atoms. The normalized spacial score (nSPS) is 10.7. The van der Waals surface area contributed by atoms with E-state index in [0.29, 0.717) is 37.1 Å². The number of nitrogens with zero attached hydrogens (tertiary/aromatic N) is 3. The van der Waals surface area contributed by atoms with Gasteiger partial charge in [-0.3, -0.25) is 9.78 Å². The Bertz CT molecular complexity index is 1130. The van der Waals surface area contributed by atoms with E-state index in [1.165, 1.54) is 6.92 Å². The van der Waals surface area contributed by atoms with Gasteiger partial charge in [-0.2, -0.15) is 0 Å². The lowest BCUT2D eigenvalue weighted by atomic mass is 10.2. The van der Waals surface area contributed by atoms with Crippen molar-refractivity contribution >= 4 is 22.8 Å². The van der Waals surface area contributed by atoms with Crippen LogP contribution < -0.4 is 15.4 Å². The molecule has 3 aromatic heterocycles. The molecule has 0 spiro atoms. The van der Waals surface area contributed by atoms with Gasteiger partial charge in [-0.05, 0) is 18.2 Å². The minimum absolute atomic E-state index is 0.0638. The number of benzene rings is 1. The van der Waals surface area contributed by atoms with Gasteiger partial charge in [0, 0.05) is 31.8 Å². The van der Waals surface area contributed by atoms with Crippen LogP contribution in [-0.2, 0) is 11.4 Å². The first-order chi connectivity index (χ1) is 14.7. The predicted octanol–water partition coefficient (Wildman–Crippen LogP) is 3.15. The fraction of sp³-hybridized carbons (Fsp3) is 0.182. The van der Waals surface area contributed by atoms with Crippen LogP contribution in [0.15, 0.2) is 60.9 Å². The third-order valence-electron chi connectivity index (χ3n) is 4.40. The molecule has 8 heteroatoms. The SMILES string of the molecule is CC(=O)NCCNc1nc(-c2ccccc2)nc2[nH]c(COc3cccnc3)cc12. The van der Waals surface area contributed by atoms with Gasteiger partial charge in [0.15, 0.2) is 5.82 Å². The molecule has 30 heavy (non-hydrogen) atoms. The Morgan fingerprint density at radius 2 is 1.97 bits per heavy atom. The van der Waals surface area contributed by atoms with Gasteiger partial charge in [0.05, 0.1) is 17.3 Å². The Labute approximate surface area is 173 Å². The summed E-state index contributed by atoms with van der Waals surface area (Å²) in [5.41, 5.74) is 2.51. The fourth-order valence-corrected chi connectivity index (χ4v) is 3.01. The molecule has 0 saturated heterocycles. The molecule has 1 aromatic carbocycles. The molecule has 3 heterocycles. The summed E-state index contributed by atoms with van der Waals surface area (Å²) in [4.78, 5) is 27.9. The molecular formula is C22H22N6O2. The highest BCUT2D eigenvalue weighted by Crippen LogP contribution is 2.26. The third-order valence-corrected chi connectivity index (χ3v) is 4.40. The highest BCUT2D eigenvalue weighted by atomic mass is 16.5. The van der Waals surface area contributed by atoms with Gasteiger partial charge in [0.25, 0.3) is 0 Å². The van der Waals surface area contributed by atoms with Gasteiger partial charge in [0.1, 0.15) is 23.8 Å². The topological polar surface area (TPSA) is 105 Å². The van der Waals surface area contributed by atoms with Crippen LogP contribution in [0.2, 0.25) is 0 Å². The van der Waals surface area contributed by atoms with Crippen molar-refractivity contribution in [2.24, 2.45) is 0 Å². The zero-order chi connectivity index (χ0) is 20.8. The number of H-pyrrole nitrogens is 1. The fourth-order valence-electron chi connectivity index (χ4n) is 3.01. The molecule has 3 N–H and O–H groups in total. The number of amides is 1. The van der Waals surface area contributed by atoms with E-state index in [9.17, 15) is 4.79 Å². The molecule has 0 aliphatic carbocycles. The number of anilines is 1. The quantitative estimate of drug-likeness (QED) is 0.391. The summed E-state index contributed by atoms with van der Waals surface area (Å²) in [6.07, 6.45) is 3.38. The van der Waals surface area contributed by atoms with Gasteiger partial charge in [-0.15, -0.1) is 0 Å². The van der Waals surface area contributed by atoms with E-state index in [-0.39, 0.29) is 5.91 Å². The van der Waals surface area contributed by atoms with Crippen LogP contribution in [0.5, 0.6) is 5.75 Å². The molecule has 0 fully saturated rings. The highest BCUT2D eigenvalue weighted by Gasteiger charge is 2.13. The van der Waals surface area contributed by atoms with Gasteiger partial charge in [-0.1, -0.05) is 30.3 Å². The monoisotopic (exact) mass is 402 g/mol. The number of aromatic nitrogens is 4. The predicted molar refractivity (Wildman–Crippen MR) is 115 cm³/mol. The Morgan fingerprint density at radius 3 is 2.73 bits per heavy atom. The number of fused-ring (bicyclic) bond motifs is 1. The van der Waals surface area contributed by atoms with E-state index in [1.807, 2.05) is 48.5 Å². The summed E-state index contributed by atoms with van der Waals surface area (Å²) in [6, 6.07) is 15.5. The van der Waals surface area contributed by atoms with Crippen molar-refractivity contribution in [1.29, 1.82) is 0 Å². The van der Waals surface area contributed by atoms with E-state index in [1.54, 1.807) is 12.4 Å². The number of hydrogen-bond donors (Lipinski definition) is 3. The van der Waals surface area contributed by atoms with Crippen molar-refractivity contribution in [1.82, 2.24) is 25.3 Å². The van der Waals surface area contributed by atoms with E-state index in [2.05, 4.69) is 20.6 Å². The Balaban J connectivity index is 1.61. The second-order valence-corrected chi connectivity index (χ2v) is 6.71. The van der Waals surface area contributed by atoms with Crippen LogP contribution in [0, 0.1) is 0 Å². The Morgan fingerprint density at radius 1 is 1.10 bits per heavy atom. The molecule has 0 aliphatic rings. The molecule has 4 rings (SSSR count). The van der Waals surface area contributed by atoms with Gasteiger partial charge < -0.3 is 20.4 Å². The lowest BCUT2D eigenvalue weighted by Gasteiger charge is -2.09. The minimum atomic E-state index is -0.0638. The van der Waals surface area contributed by atoms with E-state index >= 15 is 0 Å². The molecule has 0 radical (unpaired) electrons. The molecule has 8 nitrogen and oxygen atoms in total. The van der Waals surface area contributed by atoms with E-state index in [0.717, 1.165) is 22.3 Å². The maximum atomic E-state index is 11.1. The van der Waals surface area contributed by atoms with Crippen LogP contribution in [-0.4, -0.2) is 38.9 Å². The maximum Gasteiger partial charge on any atom is 0.216 e. The van der Waals surface area contributed by atoms with Crippen molar-refractivity contribution in [3.05, 3.63) is 66.6 Å². The van der Waals surface area contributed by atoms with Gasteiger partial charge >= 0.3 is 0 Å². The molecule has 152 valence electrons. The first kappa shape index (κ1) is 19.4. The number of nitrogens with one attached hydrogen (secondary N) is 3. The minimum Gasteiger partial charge on any atom is -0.486 e. The molecular weight excluding hydrogens is 380 g/mol. The van der Waals surface area contributed by atoms with Crippen molar-refractivity contribution in [2.45, 2.75) is 13.5 Å². The number of pyridine rings is 1. The first-order valence-electron chi connectivity index (χ1n) is 9.65. The summed E-state index contributed by atoms with van der Waals surface area (Å²) in [6.45, 7) is 2.90. The highest BCUT2D eigenvalue weighted by molar-refractivity contribution is 5.89. The average molecular weight is 402 g/mol. The summed E-state index contributed by atoms with van der Waals surface area (Å²) in [7, 11) is 0. The summed E-state index contributed by atoms with van der Waals surface area (Å²) in [5.74, 6) is 1.95. The van der Waals surface area contributed by atoms with Gasteiger partial charge in [-0.25, -0.2) is 9.97 Å². The third kappa shape index (κ3) is 4.72. The number of rotatable bonds is 8. The number of aromatic amines is 1. The maximum absolute atomic E-state index is 11.1. The molecule has 4 aromatic rings. The zero-order valence-corrected chi connectivity index (χ0v) is 16.6. The molecule has 0 unspecified atom stereocenters. The van der Waals surface area contributed by atoms with Crippen LogP contribution in [0.1, 0.15) is 12.6 Å². The number of ether oxygens (including phenoxy) is 1. The second-order valence-electron chi connectivity index (χ2n) is 6.71. The van der Waals surface area contributed by atoms with Crippen LogP contribution >= 0.6 is 0 Å². The summed E-state index contributed by atoms with van der Waals surface area (Å²) >= 11 is 0. The number of hydrogen-bond acceptors (Lipinski definition) is 6. The van der Waals surface area contributed by atoms with E-state index in [4.69, 9.17) is 14.7 Å². The van der Waals surface area contributed by atoms with Gasteiger partial charge in [0.2, 0.25) is 5.91 Å². The molecule has 0 atom stereocenters. The number of carbonyl (C=O) groups excluding carboxylic acids is 1. The molecule has 0 saturated carbocycles. The Hall–Kier alpha value is -3.94. The van der Waals surface area contributed by atoms with Crippen LogP contribution in [0.25, 0.3) is 22.4 Å². The first-order valence-corrected chi connectivity index (χ1v) is 9.65. The van der Waals surface area contributed by atoms with Crippen molar-refractivity contribution < 1.29 is 9.53 Å². The zero-order valence-electron chi connectivity index (χ0n) is 16.6. The smallest absolute Gasteiger partial charge is 0.216 e. The summed E-state index contributed by atoms with van der Waals surface area (Å²) < 4.78 is 5.79. The standard InChI is InChI=1S/C22H22N6O2/c1-15(29)24-10-11-25-21-19-12-17(14-30-18-8-5-9-23-13-18)26-22(19)28-20(27-21)16-6-3-2-4-7-16/h2-9,12-13H,10-11,14H2,1H3,(H,24,29)(H2,25,26,27,28). The van der Waals surface area contributed by atoms with Crippen molar-refractivity contribution in [2.75, 3.05) is 18.4 Å². The van der Waals surface area contributed by atoms with Crippen molar-refractivity contribution in [3.63, 3.8) is 0 Å². The van der Waals surface area contributed by atoms with Crippen molar-refractivity contribution in [3.8, 4) is 17.1 Å². The lowest BCUT2D eigenvalue weighted by Crippen LogP contribution is -2.26. The van der Waals surface area contributed by atoms with Crippen LogP contribution in [0.3, 0.4) is 0 Å². The second kappa shape index (κ2) is 9.04. The largest absolute Gasteiger partial charge is 0.486 e. The van der Waals surface area contributed by atoms with Crippen LogP contribution in [0.4, 0.5) is 5.82 Å². The molecule has 1 amide bonds. The summed E-state index contributed by atoms with van der Waals surface area (Å²) in [5, 5.41) is 6.94. The number of carbonyl (C=O) groups is 1. The average Bonchev–Trinajstić information content (AvgIpc) is 3.19.